The number of carboxylic acid groups (broad SMARTS) is 3. The molecule has 0 saturated carbocycles. The zero-order chi connectivity index (χ0) is 25.1. The Labute approximate surface area is 158 Å². The second-order valence-electron chi connectivity index (χ2n) is 4.54. The molecular weight excluding hydrogens is 459 g/mol. The van der Waals surface area contributed by atoms with E-state index in [9.17, 15) is 49.1 Å². The lowest BCUT2D eigenvalue weighted by atomic mass is 10.1. The van der Waals surface area contributed by atoms with Gasteiger partial charge in [0.2, 0.25) is 5.91 Å². The summed E-state index contributed by atoms with van der Waals surface area (Å²) in [6, 6.07) is -0.234. The van der Waals surface area contributed by atoms with Gasteiger partial charge in [-0.15, -0.1) is 0 Å². The number of piperidine rings is 1. The molecule has 19 heteroatoms. The molecule has 0 radical (unpaired) electrons. The van der Waals surface area contributed by atoms with Crippen LogP contribution in [-0.2, 0) is 24.0 Å². The Morgan fingerprint density at radius 2 is 1.13 bits per heavy atom. The number of hydrogen-bond acceptors (Lipinski definition) is 6. The number of aliphatic carboxylic acids is 3. The quantitative estimate of drug-likeness (QED) is 0.246. The molecule has 1 atom stereocenters. The standard InChI is InChI=1S/C5H8N2O2.3C2HF3O2/c6-3-1-2-4(8)7-5(3)9;3*3-2(4,5)1(6)7/h3H,1-2,6H2,(H,7,8,9);3*(H,6,7). The maximum atomic E-state index is 10.6. The summed E-state index contributed by atoms with van der Waals surface area (Å²) in [5.41, 5.74) is 3.55. The molecule has 1 aliphatic heterocycles. The summed E-state index contributed by atoms with van der Waals surface area (Å²) in [5, 5.41) is 25.2. The fraction of sp³-hybridized carbons (Fsp3) is 0.545. The van der Waals surface area contributed by atoms with Gasteiger partial charge in [-0.2, -0.15) is 39.5 Å². The molecule has 2 amide bonds. The Kier molecular flexibility index (Phi) is 13.1. The average molecular weight is 470 g/mol. The van der Waals surface area contributed by atoms with Crippen LogP contribution in [0, 0.1) is 0 Å². The van der Waals surface area contributed by atoms with Crippen molar-refractivity contribution in [2.24, 2.45) is 0 Å². The predicted molar refractivity (Wildman–Crippen MR) is 67.5 cm³/mol. The van der Waals surface area contributed by atoms with Crippen LogP contribution in [0.25, 0.3) is 0 Å². The van der Waals surface area contributed by atoms with Crippen molar-refractivity contribution in [2.75, 3.05) is 0 Å². The van der Waals surface area contributed by atoms with Crippen LogP contribution in [0.15, 0.2) is 0 Å². The zero-order valence-corrected chi connectivity index (χ0v) is 13.9. The molecule has 0 aromatic rings. The van der Waals surface area contributed by atoms with Crippen LogP contribution in [-0.4, -0.2) is 64.5 Å². The highest BCUT2D eigenvalue weighted by Gasteiger charge is 2.38. The molecule has 30 heavy (non-hydrogen) atoms. The van der Waals surface area contributed by atoms with Gasteiger partial charge >= 0.3 is 30.5 Å². The molecule has 1 saturated heterocycles. The van der Waals surface area contributed by atoms with Crippen molar-refractivity contribution in [3.8, 4) is 0 Å². The number of nitrogens with one attached hydrogen (secondary N) is 1. The van der Waals surface area contributed by atoms with E-state index in [-0.39, 0.29) is 17.9 Å². The second kappa shape index (κ2) is 12.4. The minimum absolute atomic E-state index is 0.181. The highest BCUT2D eigenvalue weighted by molar-refractivity contribution is 5.99. The topological polar surface area (TPSA) is 189 Å². The Morgan fingerprint density at radius 1 is 0.867 bits per heavy atom. The largest absolute Gasteiger partial charge is 0.542 e. The summed E-state index contributed by atoms with van der Waals surface area (Å²) >= 11 is 0. The summed E-state index contributed by atoms with van der Waals surface area (Å²) < 4.78 is 95.0. The maximum absolute atomic E-state index is 10.6. The summed E-state index contributed by atoms with van der Waals surface area (Å²) in [4.78, 5) is 47.6. The van der Waals surface area contributed by atoms with E-state index in [0.717, 1.165) is 0 Å². The number of imide groups is 1. The maximum Gasteiger partial charge on any atom is 0.490 e. The van der Waals surface area contributed by atoms with Gasteiger partial charge in [0.15, 0.2) is 6.04 Å². The van der Waals surface area contributed by atoms with E-state index >= 15 is 0 Å². The molecule has 0 spiro atoms. The van der Waals surface area contributed by atoms with Crippen LogP contribution < -0.4 is 16.2 Å². The number of quaternary nitrogens is 1. The predicted octanol–water partition coefficient (Wildman–Crippen LogP) is -1.40. The molecular formula is C11H11F9N2O8. The molecule has 6 N–H and O–H groups in total. The molecule has 1 heterocycles. The molecule has 0 aromatic carbocycles. The van der Waals surface area contributed by atoms with Gasteiger partial charge in [0.25, 0.3) is 5.91 Å². The first kappa shape index (κ1) is 31.6. The van der Waals surface area contributed by atoms with Crippen molar-refractivity contribution in [3.05, 3.63) is 0 Å². The molecule has 1 aliphatic rings. The van der Waals surface area contributed by atoms with E-state index < -0.39 is 36.4 Å². The third-order valence-corrected chi connectivity index (χ3v) is 2.07. The number of hydrogen-bond donors (Lipinski definition) is 4. The Bertz CT molecular complexity index is 571. The lowest BCUT2D eigenvalue weighted by Gasteiger charge is -2.12. The fourth-order valence-electron chi connectivity index (χ4n) is 0.738. The van der Waals surface area contributed by atoms with E-state index in [4.69, 9.17) is 29.7 Å². The average Bonchev–Trinajstić information content (AvgIpc) is 2.50. The van der Waals surface area contributed by atoms with Crippen molar-refractivity contribution in [1.82, 2.24) is 5.32 Å². The van der Waals surface area contributed by atoms with Crippen LogP contribution in [0.4, 0.5) is 39.5 Å². The van der Waals surface area contributed by atoms with Gasteiger partial charge in [-0.25, -0.2) is 9.59 Å². The van der Waals surface area contributed by atoms with Gasteiger partial charge in [0.05, 0.1) is 0 Å². The van der Waals surface area contributed by atoms with E-state index in [1.54, 1.807) is 0 Å². The molecule has 176 valence electrons. The number of amides is 2. The van der Waals surface area contributed by atoms with Crippen molar-refractivity contribution < 1.29 is 84.5 Å². The first-order valence-corrected chi connectivity index (χ1v) is 6.58. The van der Waals surface area contributed by atoms with Crippen molar-refractivity contribution in [1.29, 1.82) is 0 Å². The van der Waals surface area contributed by atoms with Gasteiger partial charge < -0.3 is 25.8 Å². The highest BCUT2D eigenvalue weighted by Crippen LogP contribution is 2.13. The number of alkyl halides is 9. The molecule has 1 unspecified atom stereocenters. The normalized spacial score (nSPS) is 16.3. The van der Waals surface area contributed by atoms with Gasteiger partial charge in [-0.3, -0.25) is 14.9 Å². The summed E-state index contributed by atoms with van der Waals surface area (Å²) in [6.07, 6.45) is -14.3. The molecule has 10 nitrogen and oxygen atoms in total. The monoisotopic (exact) mass is 470 g/mol. The van der Waals surface area contributed by atoms with Gasteiger partial charge in [-0.05, 0) is 0 Å². The Hall–Kier alpha value is -3.12. The third-order valence-electron chi connectivity index (χ3n) is 2.07. The van der Waals surface area contributed by atoms with Crippen LogP contribution in [0.2, 0.25) is 0 Å². The smallest absolute Gasteiger partial charge is 0.490 e. The minimum atomic E-state index is -5.19. The first-order chi connectivity index (χ1) is 13.0. The molecule has 0 aliphatic carbocycles. The Morgan fingerprint density at radius 3 is 1.27 bits per heavy atom. The van der Waals surface area contributed by atoms with E-state index in [2.05, 4.69) is 11.1 Å². The second-order valence-corrected chi connectivity index (χ2v) is 4.54. The summed E-state index contributed by atoms with van der Waals surface area (Å²) in [5.74, 6) is -8.95. The SMILES string of the molecule is O=C(O)C(F)(F)F.O=C(O)C(F)(F)F.O=C([O-])C(F)(F)F.[NH3+]C1CCC(=O)NC1=O. The lowest BCUT2D eigenvalue weighted by molar-refractivity contribution is -0.405. The highest BCUT2D eigenvalue weighted by atomic mass is 19.4. The lowest BCUT2D eigenvalue weighted by Crippen LogP contribution is -2.69. The number of carbonyl (C=O) groups excluding carboxylic acids is 3. The molecule has 1 fully saturated rings. The number of halogens is 9. The number of carbonyl (C=O) groups is 5. The minimum Gasteiger partial charge on any atom is -0.542 e. The first-order valence-electron chi connectivity index (χ1n) is 6.58. The third kappa shape index (κ3) is 18.3. The van der Waals surface area contributed by atoms with Crippen LogP contribution in [0.1, 0.15) is 12.8 Å². The molecule has 1 rings (SSSR count). The van der Waals surface area contributed by atoms with E-state index in [1.165, 1.54) is 0 Å². The van der Waals surface area contributed by atoms with Crippen molar-refractivity contribution in [3.63, 3.8) is 0 Å². The fourth-order valence-corrected chi connectivity index (χ4v) is 0.738. The van der Waals surface area contributed by atoms with E-state index in [1.807, 2.05) is 0 Å². The molecule has 0 aromatic heterocycles. The summed E-state index contributed by atoms with van der Waals surface area (Å²) in [6.45, 7) is 0. The molecule has 0 bridgehead atoms. The van der Waals surface area contributed by atoms with Crippen molar-refractivity contribution >= 4 is 29.7 Å². The summed E-state index contributed by atoms with van der Waals surface area (Å²) in [7, 11) is 0. The van der Waals surface area contributed by atoms with Crippen LogP contribution in [0.3, 0.4) is 0 Å². The van der Waals surface area contributed by atoms with E-state index in [0.29, 0.717) is 12.8 Å². The van der Waals surface area contributed by atoms with Crippen molar-refractivity contribution in [2.45, 2.75) is 37.4 Å². The van der Waals surface area contributed by atoms with Gasteiger partial charge in [0.1, 0.15) is 5.97 Å². The van der Waals surface area contributed by atoms with Crippen LogP contribution >= 0.6 is 0 Å². The zero-order valence-electron chi connectivity index (χ0n) is 13.9. The van der Waals surface area contributed by atoms with Gasteiger partial charge in [0, 0.05) is 12.8 Å². The number of rotatable bonds is 0. The Balaban J connectivity index is -0.000000327. The van der Waals surface area contributed by atoms with Gasteiger partial charge in [-0.1, -0.05) is 0 Å². The van der Waals surface area contributed by atoms with Crippen LogP contribution in [0.5, 0.6) is 0 Å². The number of carboxylic acids is 3.